The molecule has 2 heterocycles. The van der Waals surface area contributed by atoms with Crippen LogP contribution in [-0.4, -0.2) is 16.3 Å². The Labute approximate surface area is 118 Å². The number of aromatic nitrogens is 2. The Morgan fingerprint density at radius 2 is 2.11 bits per heavy atom. The molecule has 2 aromatic rings. The Bertz CT molecular complexity index is 571. The van der Waals surface area contributed by atoms with Crippen LogP contribution in [-0.2, 0) is 13.1 Å². The maximum atomic E-state index is 6.15. The van der Waals surface area contributed by atoms with Crippen molar-refractivity contribution in [2.24, 2.45) is 0 Å². The molecule has 0 aromatic carbocycles. The van der Waals surface area contributed by atoms with Crippen LogP contribution >= 0.6 is 11.6 Å². The average Bonchev–Trinajstić information content (AvgIpc) is 2.83. The molecule has 0 aliphatic heterocycles. The largest absolute Gasteiger partial charge is 0.464 e. The summed E-state index contributed by atoms with van der Waals surface area (Å²) in [5.74, 6) is 1.87. The second kappa shape index (κ2) is 5.80. The fourth-order valence-electron chi connectivity index (χ4n) is 2.08. The zero-order valence-corrected chi connectivity index (χ0v) is 12.6. The summed E-state index contributed by atoms with van der Waals surface area (Å²) in [5.41, 5.74) is 3.03. The van der Waals surface area contributed by atoms with Gasteiger partial charge in [0, 0.05) is 12.1 Å². The van der Waals surface area contributed by atoms with E-state index in [0.717, 1.165) is 41.0 Å². The zero-order valence-electron chi connectivity index (χ0n) is 11.9. The van der Waals surface area contributed by atoms with Gasteiger partial charge in [0.2, 0.25) is 0 Å². The Kier molecular flexibility index (Phi) is 4.32. The van der Waals surface area contributed by atoms with Crippen molar-refractivity contribution in [2.45, 2.75) is 40.8 Å². The summed E-state index contributed by atoms with van der Waals surface area (Å²) in [6.45, 7) is 10.4. The first kappa shape index (κ1) is 14.2. The molecule has 0 spiro atoms. The third-order valence-electron chi connectivity index (χ3n) is 3.24. The van der Waals surface area contributed by atoms with Crippen LogP contribution in [0.15, 0.2) is 10.5 Å². The van der Waals surface area contributed by atoms with Gasteiger partial charge >= 0.3 is 0 Å². The Morgan fingerprint density at radius 1 is 1.37 bits per heavy atom. The van der Waals surface area contributed by atoms with E-state index in [-0.39, 0.29) is 0 Å². The third-order valence-corrected chi connectivity index (χ3v) is 3.78. The molecule has 0 saturated heterocycles. The Balaban J connectivity index is 2.17. The molecular formula is C14H20ClN3O. The predicted octanol–water partition coefficient (Wildman–Crippen LogP) is 3.21. The lowest BCUT2D eigenvalue weighted by Crippen LogP contribution is -2.11. The van der Waals surface area contributed by atoms with E-state index in [0.29, 0.717) is 6.54 Å². The van der Waals surface area contributed by atoms with E-state index >= 15 is 0 Å². The van der Waals surface area contributed by atoms with Gasteiger partial charge in [0.1, 0.15) is 11.5 Å². The van der Waals surface area contributed by atoms with Crippen molar-refractivity contribution in [3.63, 3.8) is 0 Å². The molecule has 0 aliphatic carbocycles. The predicted molar refractivity (Wildman–Crippen MR) is 76.6 cm³/mol. The quantitative estimate of drug-likeness (QED) is 0.915. The number of nitrogens with zero attached hydrogens (tertiary/aromatic N) is 2. The topological polar surface area (TPSA) is 43.0 Å². The molecule has 4 nitrogen and oxygen atoms in total. The standard InChI is InChI=1S/C14H20ClN3O/c1-5-16-7-12-6-13(19-11(12)4)8-18-10(3)14(15)9(2)17-18/h6,16H,5,7-8H2,1-4H3. The van der Waals surface area contributed by atoms with Crippen LogP contribution in [0.2, 0.25) is 5.02 Å². The van der Waals surface area contributed by atoms with Gasteiger partial charge in [0.25, 0.3) is 0 Å². The van der Waals surface area contributed by atoms with E-state index < -0.39 is 0 Å². The highest BCUT2D eigenvalue weighted by molar-refractivity contribution is 6.31. The molecule has 1 N–H and O–H groups in total. The lowest BCUT2D eigenvalue weighted by Gasteiger charge is -2.00. The van der Waals surface area contributed by atoms with Crippen LogP contribution in [0.4, 0.5) is 0 Å². The minimum absolute atomic E-state index is 0.617. The van der Waals surface area contributed by atoms with Crippen LogP contribution < -0.4 is 5.32 Å². The van der Waals surface area contributed by atoms with E-state index in [2.05, 4.69) is 23.4 Å². The van der Waals surface area contributed by atoms with Crippen LogP contribution in [0.3, 0.4) is 0 Å². The van der Waals surface area contributed by atoms with Gasteiger partial charge in [-0.15, -0.1) is 0 Å². The Morgan fingerprint density at radius 3 is 2.68 bits per heavy atom. The zero-order chi connectivity index (χ0) is 14.0. The minimum atomic E-state index is 0.617. The van der Waals surface area contributed by atoms with E-state index in [9.17, 15) is 0 Å². The first-order valence-corrected chi connectivity index (χ1v) is 6.89. The fraction of sp³-hybridized carbons (Fsp3) is 0.500. The van der Waals surface area contributed by atoms with Crippen molar-refractivity contribution < 1.29 is 4.42 Å². The normalized spacial score (nSPS) is 11.2. The van der Waals surface area contributed by atoms with Crippen molar-refractivity contribution in [3.8, 4) is 0 Å². The second-order valence-electron chi connectivity index (χ2n) is 4.72. The smallest absolute Gasteiger partial charge is 0.125 e. The van der Waals surface area contributed by atoms with Gasteiger partial charge < -0.3 is 9.73 Å². The molecule has 2 rings (SSSR count). The van der Waals surface area contributed by atoms with Gasteiger partial charge in [-0.3, -0.25) is 4.68 Å². The van der Waals surface area contributed by atoms with Crippen molar-refractivity contribution in [1.29, 1.82) is 0 Å². The van der Waals surface area contributed by atoms with E-state index in [1.54, 1.807) is 0 Å². The highest BCUT2D eigenvalue weighted by atomic mass is 35.5. The molecule has 0 fully saturated rings. The molecule has 0 atom stereocenters. The molecule has 0 amide bonds. The maximum absolute atomic E-state index is 6.15. The van der Waals surface area contributed by atoms with E-state index in [1.807, 2.05) is 25.5 Å². The van der Waals surface area contributed by atoms with Gasteiger partial charge in [-0.1, -0.05) is 18.5 Å². The van der Waals surface area contributed by atoms with Crippen LogP contribution in [0, 0.1) is 20.8 Å². The number of halogens is 1. The molecule has 5 heteroatoms. The van der Waals surface area contributed by atoms with E-state index in [1.165, 1.54) is 5.56 Å². The van der Waals surface area contributed by atoms with Crippen LogP contribution in [0.5, 0.6) is 0 Å². The summed E-state index contributed by atoms with van der Waals surface area (Å²) in [6.07, 6.45) is 0. The number of furan rings is 1. The summed E-state index contributed by atoms with van der Waals surface area (Å²) < 4.78 is 7.66. The van der Waals surface area contributed by atoms with Gasteiger partial charge in [0.15, 0.2) is 0 Å². The van der Waals surface area contributed by atoms with Gasteiger partial charge in [-0.25, -0.2) is 0 Å². The number of nitrogens with one attached hydrogen (secondary N) is 1. The highest BCUT2D eigenvalue weighted by Crippen LogP contribution is 2.21. The van der Waals surface area contributed by atoms with Crippen molar-refractivity contribution >= 4 is 11.6 Å². The van der Waals surface area contributed by atoms with Gasteiger partial charge in [-0.05, 0) is 33.4 Å². The molecule has 19 heavy (non-hydrogen) atoms. The molecule has 0 bridgehead atoms. The summed E-state index contributed by atoms with van der Waals surface area (Å²) in [4.78, 5) is 0. The summed E-state index contributed by atoms with van der Waals surface area (Å²) >= 11 is 6.15. The number of rotatable bonds is 5. The number of aryl methyl sites for hydroxylation is 2. The van der Waals surface area contributed by atoms with E-state index in [4.69, 9.17) is 16.0 Å². The summed E-state index contributed by atoms with van der Waals surface area (Å²) in [6, 6.07) is 2.09. The number of hydrogen-bond acceptors (Lipinski definition) is 3. The molecule has 2 aromatic heterocycles. The van der Waals surface area contributed by atoms with Crippen molar-refractivity contribution in [2.75, 3.05) is 6.54 Å². The molecular weight excluding hydrogens is 262 g/mol. The fourth-order valence-corrected chi connectivity index (χ4v) is 2.21. The monoisotopic (exact) mass is 281 g/mol. The van der Waals surface area contributed by atoms with Crippen molar-refractivity contribution in [3.05, 3.63) is 39.6 Å². The molecule has 0 saturated carbocycles. The SMILES string of the molecule is CCNCc1cc(Cn2nc(C)c(Cl)c2C)oc1C. The Hall–Kier alpha value is -1.26. The first-order valence-electron chi connectivity index (χ1n) is 6.51. The summed E-state index contributed by atoms with van der Waals surface area (Å²) in [7, 11) is 0. The molecule has 0 unspecified atom stereocenters. The van der Waals surface area contributed by atoms with Crippen LogP contribution in [0.25, 0.3) is 0 Å². The maximum Gasteiger partial charge on any atom is 0.125 e. The average molecular weight is 282 g/mol. The number of hydrogen-bond donors (Lipinski definition) is 1. The van der Waals surface area contributed by atoms with Crippen molar-refractivity contribution in [1.82, 2.24) is 15.1 Å². The molecule has 104 valence electrons. The lowest BCUT2D eigenvalue weighted by molar-refractivity contribution is 0.453. The minimum Gasteiger partial charge on any atom is -0.464 e. The van der Waals surface area contributed by atoms with Gasteiger partial charge in [0.05, 0.1) is 23.0 Å². The highest BCUT2D eigenvalue weighted by Gasteiger charge is 2.12. The third kappa shape index (κ3) is 3.01. The first-order chi connectivity index (χ1) is 9.02. The van der Waals surface area contributed by atoms with Crippen LogP contribution in [0.1, 0.15) is 35.4 Å². The summed E-state index contributed by atoms with van der Waals surface area (Å²) in [5, 5.41) is 8.45. The van der Waals surface area contributed by atoms with Gasteiger partial charge in [-0.2, -0.15) is 5.10 Å². The lowest BCUT2D eigenvalue weighted by atomic mass is 10.2. The molecule has 0 radical (unpaired) electrons. The second-order valence-corrected chi connectivity index (χ2v) is 5.09. The molecule has 0 aliphatic rings.